The van der Waals surface area contributed by atoms with Gasteiger partial charge in [0.1, 0.15) is 5.75 Å². The van der Waals surface area contributed by atoms with Gasteiger partial charge in [-0.05, 0) is 51.8 Å². The highest BCUT2D eigenvalue weighted by molar-refractivity contribution is 5.52. The predicted molar refractivity (Wildman–Crippen MR) is 90.3 cm³/mol. The molecule has 0 aliphatic carbocycles. The van der Waals surface area contributed by atoms with E-state index in [1.54, 1.807) is 0 Å². The fourth-order valence-corrected chi connectivity index (χ4v) is 3.19. The van der Waals surface area contributed by atoms with Gasteiger partial charge in [0.05, 0.1) is 6.10 Å². The zero-order valence-corrected chi connectivity index (χ0v) is 14.1. The van der Waals surface area contributed by atoms with E-state index in [1.807, 2.05) is 0 Å². The number of benzene rings is 1. The Morgan fingerprint density at radius 1 is 1.38 bits per heavy atom. The van der Waals surface area contributed by atoms with Crippen LogP contribution in [0.2, 0.25) is 0 Å². The van der Waals surface area contributed by atoms with Gasteiger partial charge in [-0.15, -0.1) is 0 Å². The molecule has 1 saturated heterocycles. The van der Waals surface area contributed by atoms with Crippen molar-refractivity contribution >= 4 is 5.69 Å². The number of nitrogens with zero attached hydrogens (tertiary/aromatic N) is 1. The molecule has 3 heteroatoms. The predicted octanol–water partition coefficient (Wildman–Crippen LogP) is 3.69. The van der Waals surface area contributed by atoms with E-state index in [2.05, 4.69) is 69.2 Å². The van der Waals surface area contributed by atoms with Crippen molar-refractivity contribution in [3.05, 3.63) is 24.3 Å². The molecule has 4 atom stereocenters. The number of piperidine rings is 1. The van der Waals surface area contributed by atoms with E-state index >= 15 is 0 Å². The van der Waals surface area contributed by atoms with Crippen molar-refractivity contribution in [2.24, 2.45) is 5.92 Å². The third-order valence-electron chi connectivity index (χ3n) is 5.00. The lowest BCUT2D eigenvalue weighted by Crippen LogP contribution is -2.52. The monoisotopic (exact) mass is 290 g/mol. The van der Waals surface area contributed by atoms with Gasteiger partial charge in [0, 0.05) is 30.4 Å². The third-order valence-corrected chi connectivity index (χ3v) is 5.00. The fraction of sp³-hybridized carbons (Fsp3) is 0.667. The first-order valence-corrected chi connectivity index (χ1v) is 8.27. The summed E-state index contributed by atoms with van der Waals surface area (Å²) in [4.78, 5) is 2.52. The second-order valence-corrected chi connectivity index (χ2v) is 6.31. The van der Waals surface area contributed by atoms with Crippen LogP contribution in [0.15, 0.2) is 24.3 Å². The summed E-state index contributed by atoms with van der Waals surface area (Å²) in [5, 5.41) is 3.45. The highest BCUT2D eigenvalue weighted by Gasteiger charge is 2.31. The number of hydrogen-bond acceptors (Lipinski definition) is 3. The van der Waals surface area contributed by atoms with Gasteiger partial charge in [0.15, 0.2) is 0 Å². The molecule has 1 aromatic carbocycles. The molecule has 118 valence electrons. The molecule has 1 aromatic rings. The van der Waals surface area contributed by atoms with Crippen LogP contribution in [-0.4, -0.2) is 31.8 Å². The van der Waals surface area contributed by atoms with Crippen LogP contribution >= 0.6 is 0 Å². The first-order chi connectivity index (χ1) is 10.1. The Bertz CT molecular complexity index is 449. The van der Waals surface area contributed by atoms with Gasteiger partial charge in [0.2, 0.25) is 0 Å². The van der Waals surface area contributed by atoms with E-state index in [4.69, 9.17) is 4.74 Å². The van der Waals surface area contributed by atoms with E-state index in [0.29, 0.717) is 18.0 Å². The average Bonchev–Trinajstić information content (AvgIpc) is 2.50. The highest BCUT2D eigenvalue weighted by Crippen LogP contribution is 2.31. The Balaban J connectivity index is 2.13. The van der Waals surface area contributed by atoms with Crippen molar-refractivity contribution in [1.29, 1.82) is 0 Å². The van der Waals surface area contributed by atoms with E-state index in [0.717, 1.165) is 18.7 Å². The molecule has 1 fully saturated rings. The Kier molecular flexibility index (Phi) is 5.51. The summed E-state index contributed by atoms with van der Waals surface area (Å²) in [5.41, 5.74) is 1.28. The summed E-state index contributed by atoms with van der Waals surface area (Å²) in [6.45, 7) is 10.0. The molecule has 0 saturated carbocycles. The topological polar surface area (TPSA) is 24.5 Å². The number of anilines is 1. The zero-order chi connectivity index (χ0) is 15.4. The molecule has 2 rings (SSSR count). The maximum atomic E-state index is 5.96. The van der Waals surface area contributed by atoms with Gasteiger partial charge < -0.3 is 15.0 Å². The number of hydrogen-bond donors (Lipinski definition) is 1. The lowest BCUT2D eigenvalue weighted by Gasteiger charge is -2.44. The minimum atomic E-state index is 0.270. The molecule has 3 nitrogen and oxygen atoms in total. The summed E-state index contributed by atoms with van der Waals surface area (Å²) in [6, 6.07) is 9.71. The highest BCUT2D eigenvalue weighted by atomic mass is 16.5. The quantitative estimate of drug-likeness (QED) is 0.895. The van der Waals surface area contributed by atoms with Crippen molar-refractivity contribution in [3.8, 4) is 5.75 Å². The van der Waals surface area contributed by atoms with Gasteiger partial charge in [-0.3, -0.25) is 0 Å². The Labute approximate surface area is 129 Å². The maximum absolute atomic E-state index is 5.96. The van der Waals surface area contributed by atoms with Crippen molar-refractivity contribution < 1.29 is 4.74 Å². The van der Waals surface area contributed by atoms with Crippen LogP contribution in [-0.2, 0) is 0 Å². The van der Waals surface area contributed by atoms with Crippen LogP contribution in [0.1, 0.15) is 40.5 Å². The summed E-state index contributed by atoms with van der Waals surface area (Å²) in [5.74, 6) is 1.63. The molecule has 4 unspecified atom stereocenters. The Morgan fingerprint density at radius 2 is 2.14 bits per heavy atom. The fourth-order valence-electron chi connectivity index (χ4n) is 3.19. The van der Waals surface area contributed by atoms with Crippen LogP contribution in [0, 0.1) is 5.92 Å². The molecule has 0 spiro atoms. The van der Waals surface area contributed by atoms with Crippen molar-refractivity contribution in [2.75, 3.05) is 18.5 Å². The molecule has 1 heterocycles. The minimum Gasteiger partial charge on any atom is -0.491 e. The SMILES string of the molecule is CCC(C)Oc1cccc(N2CCC(NC)C(C)C2C)c1. The second kappa shape index (κ2) is 7.17. The normalized spacial score (nSPS) is 27.5. The lowest BCUT2D eigenvalue weighted by atomic mass is 9.87. The molecular formula is C18H30N2O. The lowest BCUT2D eigenvalue weighted by molar-refractivity contribution is 0.217. The van der Waals surface area contributed by atoms with Gasteiger partial charge in [-0.2, -0.15) is 0 Å². The standard InChI is InChI=1S/C18H30N2O/c1-6-13(2)21-17-9-7-8-16(12-17)20-11-10-18(19-5)14(3)15(20)4/h7-9,12-15,18-19H,6,10-11H2,1-5H3. The Morgan fingerprint density at radius 3 is 2.81 bits per heavy atom. The van der Waals surface area contributed by atoms with E-state index in [1.165, 1.54) is 12.1 Å². The zero-order valence-electron chi connectivity index (χ0n) is 14.1. The molecule has 1 aliphatic heterocycles. The first-order valence-electron chi connectivity index (χ1n) is 8.27. The van der Waals surface area contributed by atoms with Crippen LogP contribution < -0.4 is 15.0 Å². The van der Waals surface area contributed by atoms with Crippen molar-refractivity contribution in [3.63, 3.8) is 0 Å². The van der Waals surface area contributed by atoms with E-state index < -0.39 is 0 Å². The van der Waals surface area contributed by atoms with Gasteiger partial charge in [-0.25, -0.2) is 0 Å². The number of nitrogens with one attached hydrogen (secondary N) is 1. The molecule has 0 bridgehead atoms. The van der Waals surface area contributed by atoms with Gasteiger partial charge in [0.25, 0.3) is 0 Å². The first kappa shape index (κ1) is 16.2. The van der Waals surface area contributed by atoms with Crippen LogP contribution in [0.4, 0.5) is 5.69 Å². The average molecular weight is 290 g/mol. The van der Waals surface area contributed by atoms with Gasteiger partial charge >= 0.3 is 0 Å². The summed E-state index contributed by atoms with van der Waals surface area (Å²) in [7, 11) is 2.07. The van der Waals surface area contributed by atoms with Crippen LogP contribution in [0.5, 0.6) is 5.75 Å². The summed E-state index contributed by atoms with van der Waals surface area (Å²) in [6.07, 6.45) is 2.50. The van der Waals surface area contributed by atoms with Crippen LogP contribution in [0.3, 0.4) is 0 Å². The molecule has 0 aromatic heterocycles. The van der Waals surface area contributed by atoms with Crippen LogP contribution in [0.25, 0.3) is 0 Å². The minimum absolute atomic E-state index is 0.270. The number of ether oxygens (including phenoxy) is 1. The molecule has 21 heavy (non-hydrogen) atoms. The Hall–Kier alpha value is -1.22. The number of rotatable bonds is 5. The maximum Gasteiger partial charge on any atom is 0.121 e. The molecule has 1 N–H and O–H groups in total. The molecule has 0 radical (unpaired) electrons. The van der Waals surface area contributed by atoms with E-state index in [-0.39, 0.29) is 6.10 Å². The summed E-state index contributed by atoms with van der Waals surface area (Å²) < 4.78 is 5.96. The van der Waals surface area contributed by atoms with Gasteiger partial charge in [-0.1, -0.05) is 19.9 Å². The van der Waals surface area contributed by atoms with E-state index in [9.17, 15) is 0 Å². The molecule has 1 aliphatic rings. The smallest absolute Gasteiger partial charge is 0.121 e. The molecule has 0 amide bonds. The molecular weight excluding hydrogens is 260 g/mol. The largest absolute Gasteiger partial charge is 0.491 e. The van der Waals surface area contributed by atoms with Crippen molar-refractivity contribution in [1.82, 2.24) is 5.32 Å². The summed E-state index contributed by atoms with van der Waals surface area (Å²) >= 11 is 0. The second-order valence-electron chi connectivity index (χ2n) is 6.31. The van der Waals surface area contributed by atoms with Crippen molar-refractivity contribution in [2.45, 2.75) is 58.7 Å². The third kappa shape index (κ3) is 3.70.